The molecule has 1 fully saturated rings. The summed E-state index contributed by atoms with van der Waals surface area (Å²) in [5, 5.41) is 9.90. The van der Waals surface area contributed by atoms with E-state index in [1.165, 1.54) is 18.3 Å². The van der Waals surface area contributed by atoms with Gasteiger partial charge in [-0.15, -0.1) is 0 Å². The number of anilines is 1. The Kier molecular flexibility index (Phi) is 5.52. The molecule has 0 spiro atoms. The topological polar surface area (TPSA) is 45.1 Å². The highest BCUT2D eigenvalue weighted by Crippen LogP contribution is 2.37. The fourth-order valence-electron chi connectivity index (χ4n) is 2.64. The molecule has 1 aliphatic heterocycles. The molecule has 0 aliphatic carbocycles. The van der Waals surface area contributed by atoms with Crippen LogP contribution in [0.3, 0.4) is 0 Å². The highest BCUT2D eigenvalue weighted by Gasteiger charge is 2.31. The summed E-state index contributed by atoms with van der Waals surface area (Å²) in [7, 11) is 0. The quantitative estimate of drug-likeness (QED) is 0.716. The van der Waals surface area contributed by atoms with E-state index in [4.69, 9.17) is 4.74 Å². The van der Waals surface area contributed by atoms with Gasteiger partial charge in [-0.05, 0) is 36.4 Å². The van der Waals surface area contributed by atoms with Gasteiger partial charge in [0.05, 0.1) is 30.2 Å². The molecule has 0 saturated carbocycles. The van der Waals surface area contributed by atoms with E-state index < -0.39 is 11.7 Å². The molecule has 8 heteroatoms. The summed E-state index contributed by atoms with van der Waals surface area (Å²) in [4.78, 5) is 6.18. The Bertz CT molecular complexity index is 819. The zero-order valence-corrected chi connectivity index (χ0v) is 15.2. The summed E-state index contributed by atoms with van der Waals surface area (Å²) in [6.45, 7) is 2.18. The van der Waals surface area contributed by atoms with Crippen molar-refractivity contribution in [2.24, 2.45) is 4.99 Å². The maximum absolute atomic E-state index is 13.1. The molecule has 1 saturated heterocycles. The Morgan fingerprint density at radius 2 is 1.85 bits per heavy atom. The summed E-state index contributed by atoms with van der Waals surface area (Å²) in [6, 6.07) is 8.30. The molecule has 0 amide bonds. The number of rotatable bonds is 3. The van der Waals surface area contributed by atoms with Crippen molar-refractivity contribution in [1.82, 2.24) is 0 Å². The predicted molar refractivity (Wildman–Crippen MR) is 97.5 cm³/mol. The van der Waals surface area contributed by atoms with Gasteiger partial charge < -0.3 is 14.7 Å². The van der Waals surface area contributed by atoms with Crippen molar-refractivity contribution in [3.05, 3.63) is 52.0 Å². The van der Waals surface area contributed by atoms with E-state index in [0.29, 0.717) is 37.6 Å². The number of morpholine rings is 1. The number of nitrogens with zero attached hydrogens (tertiary/aromatic N) is 2. The summed E-state index contributed by atoms with van der Waals surface area (Å²) in [6.07, 6.45) is -3.09. The van der Waals surface area contributed by atoms with Crippen LogP contribution in [0.25, 0.3) is 0 Å². The number of hydrogen-bond acceptors (Lipinski definition) is 4. The third-order valence-electron chi connectivity index (χ3n) is 3.99. The van der Waals surface area contributed by atoms with Gasteiger partial charge in [-0.3, -0.25) is 4.99 Å². The van der Waals surface area contributed by atoms with Crippen LogP contribution >= 0.6 is 15.9 Å². The van der Waals surface area contributed by atoms with E-state index in [-0.39, 0.29) is 11.4 Å². The van der Waals surface area contributed by atoms with Crippen LogP contribution in [0.1, 0.15) is 11.1 Å². The smallest absolute Gasteiger partial charge is 0.416 e. The van der Waals surface area contributed by atoms with E-state index in [1.807, 2.05) is 4.90 Å². The molecule has 0 radical (unpaired) electrons. The average molecular weight is 429 g/mol. The minimum Gasteiger partial charge on any atom is -0.507 e. The van der Waals surface area contributed by atoms with Crippen LogP contribution in [-0.2, 0) is 10.9 Å². The minimum absolute atomic E-state index is 0.00292. The number of ether oxygens (including phenoxy) is 1. The summed E-state index contributed by atoms with van der Waals surface area (Å²) in [5.74, 6) is -0.00292. The molecule has 1 N–H and O–H groups in total. The molecule has 26 heavy (non-hydrogen) atoms. The first kappa shape index (κ1) is 18.7. The Balaban J connectivity index is 2.01. The zero-order chi connectivity index (χ0) is 18.7. The van der Waals surface area contributed by atoms with E-state index in [2.05, 4.69) is 20.9 Å². The van der Waals surface area contributed by atoms with Crippen LogP contribution in [0.15, 0.2) is 45.9 Å². The molecular formula is C18H16BrF3N2O2. The van der Waals surface area contributed by atoms with Crippen molar-refractivity contribution in [1.29, 1.82) is 0 Å². The standard InChI is InChI=1S/C18H16BrF3N2O2/c19-14-2-4-17(25)12(9-14)11-23-15-10-13(18(20,21)22)1-3-16(15)24-5-7-26-8-6-24/h1-4,9-11,25H,5-8H2. The van der Waals surface area contributed by atoms with Gasteiger partial charge in [0.2, 0.25) is 0 Å². The number of benzene rings is 2. The van der Waals surface area contributed by atoms with Gasteiger partial charge in [0.15, 0.2) is 0 Å². The first-order chi connectivity index (χ1) is 12.3. The van der Waals surface area contributed by atoms with Gasteiger partial charge in [-0.25, -0.2) is 0 Å². The SMILES string of the molecule is Oc1ccc(Br)cc1C=Nc1cc(C(F)(F)F)ccc1N1CCOCC1. The predicted octanol–water partition coefficient (Wildman–Crippen LogP) is 4.76. The first-order valence-corrected chi connectivity index (χ1v) is 8.70. The van der Waals surface area contributed by atoms with Crippen LogP contribution in [0.4, 0.5) is 24.5 Å². The number of aliphatic imine (C=N–C) groups is 1. The van der Waals surface area contributed by atoms with Crippen molar-refractivity contribution >= 4 is 33.5 Å². The molecule has 0 atom stereocenters. The van der Waals surface area contributed by atoms with Crippen molar-refractivity contribution < 1.29 is 23.0 Å². The zero-order valence-electron chi connectivity index (χ0n) is 13.6. The average Bonchev–Trinajstić information content (AvgIpc) is 2.62. The molecule has 4 nitrogen and oxygen atoms in total. The first-order valence-electron chi connectivity index (χ1n) is 7.91. The fourth-order valence-corrected chi connectivity index (χ4v) is 3.02. The molecule has 0 aromatic heterocycles. The maximum atomic E-state index is 13.1. The Hall–Kier alpha value is -2.06. The van der Waals surface area contributed by atoms with Gasteiger partial charge in [0.1, 0.15) is 5.75 Å². The lowest BCUT2D eigenvalue weighted by Gasteiger charge is -2.30. The minimum atomic E-state index is -4.45. The largest absolute Gasteiger partial charge is 0.507 e. The normalized spacial score (nSPS) is 15.6. The van der Waals surface area contributed by atoms with Crippen molar-refractivity contribution in [2.75, 3.05) is 31.2 Å². The lowest BCUT2D eigenvalue weighted by atomic mass is 10.1. The van der Waals surface area contributed by atoms with E-state index in [0.717, 1.165) is 16.6 Å². The van der Waals surface area contributed by atoms with Crippen LogP contribution in [0.5, 0.6) is 5.75 Å². The number of phenolic OH excluding ortho intramolecular Hbond substituents is 1. The van der Waals surface area contributed by atoms with E-state index in [9.17, 15) is 18.3 Å². The van der Waals surface area contributed by atoms with E-state index >= 15 is 0 Å². The molecule has 2 aromatic rings. The van der Waals surface area contributed by atoms with Crippen LogP contribution in [0.2, 0.25) is 0 Å². The van der Waals surface area contributed by atoms with Crippen molar-refractivity contribution in [3.8, 4) is 5.75 Å². The van der Waals surface area contributed by atoms with Crippen molar-refractivity contribution in [2.45, 2.75) is 6.18 Å². The van der Waals surface area contributed by atoms with Crippen molar-refractivity contribution in [3.63, 3.8) is 0 Å². The highest BCUT2D eigenvalue weighted by molar-refractivity contribution is 9.10. The Labute approximate surface area is 157 Å². The monoisotopic (exact) mass is 428 g/mol. The molecule has 3 rings (SSSR count). The van der Waals surface area contributed by atoms with E-state index in [1.54, 1.807) is 12.1 Å². The van der Waals surface area contributed by atoms with Crippen LogP contribution in [0, 0.1) is 0 Å². The van der Waals surface area contributed by atoms with Gasteiger partial charge in [-0.1, -0.05) is 15.9 Å². The lowest BCUT2D eigenvalue weighted by Crippen LogP contribution is -2.36. The number of aromatic hydroxyl groups is 1. The summed E-state index contributed by atoms with van der Waals surface area (Å²) >= 11 is 3.29. The van der Waals surface area contributed by atoms with Crippen LogP contribution < -0.4 is 4.90 Å². The molecule has 0 unspecified atom stereocenters. The number of phenols is 1. The molecule has 1 heterocycles. The second kappa shape index (κ2) is 7.67. The van der Waals surface area contributed by atoms with Gasteiger partial charge in [0.25, 0.3) is 0 Å². The van der Waals surface area contributed by atoms with Gasteiger partial charge in [-0.2, -0.15) is 13.2 Å². The fraction of sp³-hybridized carbons (Fsp3) is 0.278. The van der Waals surface area contributed by atoms with Gasteiger partial charge >= 0.3 is 6.18 Å². The lowest BCUT2D eigenvalue weighted by molar-refractivity contribution is -0.137. The number of hydrogen-bond donors (Lipinski definition) is 1. The second-order valence-corrected chi connectivity index (χ2v) is 6.68. The maximum Gasteiger partial charge on any atom is 0.416 e. The summed E-state index contributed by atoms with van der Waals surface area (Å²) in [5.41, 5.74) is 0.443. The Morgan fingerprint density at radius 1 is 1.12 bits per heavy atom. The van der Waals surface area contributed by atoms with Crippen LogP contribution in [-0.4, -0.2) is 37.6 Å². The second-order valence-electron chi connectivity index (χ2n) is 5.76. The molecule has 2 aromatic carbocycles. The Morgan fingerprint density at radius 3 is 2.54 bits per heavy atom. The number of alkyl halides is 3. The van der Waals surface area contributed by atoms with Gasteiger partial charge in [0, 0.05) is 29.3 Å². The molecule has 0 bridgehead atoms. The number of halogens is 4. The molecule has 1 aliphatic rings. The summed E-state index contributed by atoms with van der Waals surface area (Å²) < 4.78 is 45.3. The highest BCUT2D eigenvalue weighted by atomic mass is 79.9. The third-order valence-corrected chi connectivity index (χ3v) is 4.48. The molecular weight excluding hydrogens is 413 g/mol. The molecule has 138 valence electrons. The third kappa shape index (κ3) is 4.37.